The van der Waals surface area contributed by atoms with Crippen LogP contribution in [-0.4, -0.2) is 82.5 Å². The Kier molecular flexibility index (Phi) is 19.0. The zero-order valence-electron chi connectivity index (χ0n) is 23.1. The van der Waals surface area contributed by atoms with Crippen molar-refractivity contribution in [2.45, 2.75) is 20.0 Å². The van der Waals surface area contributed by atoms with E-state index in [1.54, 1.807) is 18.3 Å². The van der Waals surface area contributed by atoms with Crippen molar-refractivity contribution in [3.05, 3.63) is 73.0 Å². The predicted octanol–water partition coefficient (Wildman–Crippen LogP) is -3.04. The number of carbonyl (C=O) groups is 5. The first-order valence-corrected chi connectivity index (χ1v) is 12.5. The molecule has 0 spiro atoms. The zero-order chi connectivity index (χ0) is 31.9. The molecule has 0 radical (unpaired) electrons. The largest absolute Gasteiger partial charge is 0.545 e. The van der Waals surface area contributed by atoms with Crippen LogP contribution in [-0.2, 0) is 19.2 Å². The van der Waals surface area contributed by atoms with Crippen LogP contribution in [0.3, 0.4) is 0 Å². The number of aliphatic carboxylic acids is 4. The molecule has 1 atom stereocenters. The third-order valence-corrected chi connectivity index (χ3v) is 4.90. The molecule has 0 saturated carbocycles. The average molecular weight is 590 g/mol. The van der Waals surface area contributed by atoms with Gasteiger partial charge in [0.25, 0.3) is 0 Å². The molecule has 228 valence electrons. The number of anilines is 3. The molecule has 0 aliphatic carbocycles. The molecule has 42 heavy (non-hydrogen) atoms. The number of hydrogen-bond donors (Lipinski definition) is 7. The quantitative estimate of drug-likeness (QED) is 0.115. The number of carboxylic acid groups (broad SMARTS) is 4. The molecule has 2 rings (SSSR count). The average Bonchev–Trinajstić information content (AvgIpc) is 2.95. The molecule has 0 aliphatic rings. The van der Waals surface area contributed by atoms with Crippen LogP contribution < -0.4 is 31.1 Å². The maximum absolute atomic E-state index is 12.0. The number of nitrogens with two attached hydrogens (primary N) is 1. The number of urea groups is 1. The van der Waals surface area contributed by atoms with Crippen LogP contribution in [0.15, 0.2) is 73.0 Å². The molecule has 0 saturated heterocycles. The van der Waals surface area contributed by atoms with E-state index in [1.807, 2.05) is 30.3 Å². The van der Waals surface area contributed by atoms with Gasteiger partial charge in [-0.2, -0.15) is 0 Å². The molecule has 15 heteroatoms. The Hall–Kier alpha value is -5.12. The van der Waals surface area contributed by atoms with Crippen LogP contribution in [0.4, 0.5) is 22.0 Å². The summed E-state index contributed by atoms with van der Waals surface area (Å²) in [5.74, 6) is -4.90. The van der Waals surface area contributed by atoms with Gasteiger partial charge in [0.05, 0.1) is 36.9 Å². The Morgan fingerprint density at radius 1 is 0.881 bits per heavy atom. The lowest BCUT2D eigenvalue weighted by atomic mass is 10.3. The number of nitrogens with one attached hydrogen (secondary N) is 3. The van der Waals surface area contributed by atoms with Gasteiger partial charge in [0, 0.05) is 17.8 Å². The molecule has 1 unspecified atom stereocenters. The number of nitrogens with zero attached hydrogens (tertiary/aromatic N) is 1. The van der Waals surface area contributed by atoms with E-state index in [-0.39, 0.29) is 6.03 Å². The van der Waals surface area contributed by atoms with Gasteiger partial charge in [-0.15, -0.1) is 0 Å². The first-order chi connectivity index (χ1) is 19.9. The van der Waals surface area contributed by atoms with E-state index >= 15 is 0 Å². The van der Waals surface area contributed by atoms with Crippen molar-refractivity contribution in [1.29, 1.82) is 0 Å². The van der Waals surface area contributed by atoms with Crippen LogP contribution in [0.5, 0.6) is 0 Å². The number of rotatable bonds is 13. The Morgan fingerprint density at radius 3 is 1.83 bits per heavy atom. The Morgan fingerprint density at radius 2 is 1.43 bits per heavy atom. The van der Waals surface area contributed by atoms with Crippen molar-refractivity contribution in [3.63, 3.8) is 0 Å². The SMILES string of the molecule is CC[NH+](CC)CC(O)C[NH2+]C(=O)Nc1ccc(Nc2ccccc2)nc1.O=C([O-])/C=C/C(=O)O.O=C([O-])/C=C/C(=O)O. The fraction of sp³-hybridized carbons (Fsp3) is 0.259. The summed E-state index contributed by atoms with van der Waals surface area (Å²) in [5, 5.41) is 51.9. The second-order valence-electron chi connectivity index (χ2n) is 8.15. The summed E-state index contributed by atoms with van der Waals surface area (Å²) in [6.07, 6.45) is 2.98. The Balaban J connectivity index is 0.000000861. The zero-order valence-corrected chi connectivity index (χ0v) is 23.1. The molecule has 2 amide bonds. The molecule has 0 bridgehead atoms. The second-order valence-corrected chi connectivity index (χ2v) is 8.15. The van der Waals surface area contributed by atoms with Crippen molar-refractivity contribution < 1.29 is 59.7 Å². The van der Waals surface area contributed by atoms with E-state index in [9.17, 15) is 39.3 Å². The molecule has 8 N–H and O–H groups in total. The van der Waals surface area contributed by atoms with E-state index in [1.165, 1.54) is 10.2 Å². The summed E-state index contributed by atoms with van der Waals surface area (Å²) in [7, 11) is 0. The highest BCUT2D eigenvalue weighted by molar-refractivity contribution is 5.89. The number of pyridine rings is 1. The first-order valence-electron chi connectivity index (χ1n) is 12.5. The number of aliphatic hydroxyl groups is 1. The molecule has 0 aliphatic heterocycles. The number of amides is 2. The lowest BCUT2D eigenvalue weighted by Gasteiger charge is -2.18. The summed E-state index contributed by atoms with van der Waals surface area (Å²) in [6.45, 7) is 7.11. The summed E-state index contributed by atoms with van der Waals surface area (Å²) < 4.78 is 0. The first kappa shape index (κ1) is 36.9. The summed E-state index contributed by atoms with van der Waals surface area (Å²) in [4.78, 5) is 55.5. The lowest BCUT2D eigenvalue weighted by molar-refractivity contribution is -0.900. The highest BCUT2D eigenvalue weighted by Crippen LogP contribution is 2.15. The molecular weight excluding hydrogens is 554 g/mol. The molecule has 1 aromatic carbocycles. The standard InChI is InChI=1S/C19H27N5O2.2C4H4O4/c1-3-24(4-2)14-17(25)13-21-19(26)23-16-10-11-18(20-12-16)22-15-8-6-5-7-9-15;2*5-3(6)1-2-4(7)8/h5-12,17,25H,3-4,13-14H2,1-2H3,(H,20,22)(H2,21,23,26);2*1-2H,(H,5,6)(H,7,8)/b;2*2-1+. The van der Waals surface area contributed by atoms with E-state index in [0.717, 1.165) is 18.8 Å². The third kappa shape index (κ3) is 20.8. The van der Waals surface area contributed by atoms with Gasteiger partial charge in [-0.25, -0.2) is 19.4 Å². The highest BCUT2D eigenvalue weighted by Gasteiger charge is 2.16. The second kappa shape index (κ2) is 21.7. The molecular formula is C27H35N5O10. The van der Waals surface area contributed by atoms with Crippen molar-refractivity contribution in [2.24, 2.45) is 0 Å². The van der Waals surface area contributed by atoms with Gasteiger partial charge in [-0.3, -0.25) is 10.6 Å². The van der Waals surface area contributed by atoms with E-state index in [0.29, 0.717) is 48.9 Å². The number of hydrogen-bond acceptors (Lipinski definition) is 10. The van der Waals surface area contributed by atoms with Crippen molar-refractivity contribution in [2.75, 3.05) is 36.8 Å². The predicted molar refractivity (Wildman–Crippen MR) is 146 cm³/mol. The van der Waals surface area contributed by atoms with Gasteiger partial charge in [0.1, 0.15) is 18.9 Å². The maximum atomic E-state index is 12.0. The van der Waals surface area contributed by atoms with E-state index < -0.39 is 30.0 Å². The number of likely N-dealkylation sites (N-methyl/N-ethyl adjacent to an activating group) is 1. The van der Waals surface area contributed by atoms with Crippen LogP contribution in [0.25, 0.3) is 0 Å². The topological polar surface area (TPSA) is 250 Å². The van der Waals surface area contributed by atoms with Crippen LogP contribution in [0.1, 0.15) is 13.8 Å². The Bertz CT molecular complexity index is 1120. The van der Waals surface area contributed by atoms with Crippen LogP contribution in [0.2, 0.25) is 0 Å². The number of carbonyl (C=O) groups excluding carboxylic acids is 3. The fourth-order valence-corrected chi connectivity index (χ4v) is 2.88. The van der Waals surface area contributed by atoms with Gasteiger partial charge >= 0.3 is 18.0 Å². The minimum Gasteiger partial charge on any atom is -0.545 e. The number of quaternary nitrogens is 2. The van der Waals surface area contributed by atoms with Crippen molar-refractivity contribution in [1.82, 2.24) is 4.98 Å². The van der Waals surface area contributed by atoms with Crippen LogP contribution >= 0.6 is 0 Å². The normalized spacial score (nSPS) is 11.0. The van der Waals surface area contributed by atoms with Crippen molar-refractivity contribution >= 4 is 47.1 Å². The van der Waals surface area contributed by atoms with Gasteiger partial charge < -0.3 is 45.3 Å². The van der Waals surface area contributed by atoms with Gasteiger partial charge in [0.2, 0.25) is 0 Å². The summed E-state index contributed by atoms with van der Waals surface area (Å²) in [6, 6.07) is 13.1. The number of carboxylic acids is 4. The smallest absolute Gasteiger partial charge is 0.417 e. The lowest BCUT2D eigenvalue weighted by Crippen LogP contribution is -3.13. The fourth-order valence-electron chi connectivity index (χ4n) is 2.88. The minimum atomic E-state index is -1.51. The van der Waals surface area contributed by atoms with Crippen LogP contribution in [0, 0.1) is 0 Å². The van der Waals surface area contributed by atoms with Gasteiger partial charge in [0.15, 0.2) is 6.10 Å². The van der Waals surface area contributed by atoms with Crippen molar-refractivity contribution in [3.8, 4) is 0 Å². The number of aromatic nitrogens is 1. The molecule has 1 aromatic heterocycles. The Labute approximate surface area is 241 Å². The maximum Gasteiger partial charge on any atom is 0.417 e. The summed E-state index contributed by atoms with van der Waals surface area (Å²) in [5.41, 5.74) is 1.57. The number of aliphatic hydroxyl groups excluding tert-OH is 1. The number of benzene rings is 1. The van der Waals surface area contributed by atoms with Gasteiger partial charge in [-0.1, -0.05) is 18.2 Å². The molecule has 15 nitrogen and oxygen atoms in total. The van der Waals surface area contributed by atoms with E-state index in [4.69, 9.17) is 10.2 Å². The van der Waals surface area contributed by atoms with E-state index in [2.05, 4.69) is 29.5 Å². The monoisotopic (exact) mass is 589 g/mol. The highest BCUT2D eigenvalue weighted by atomic mass is 16.4. The minimum absolute atomic E-state index is 0.232. The molecule has 0 fully saturated rings. The third-order valence-electron chi connectivity index (χ3n) is 4.90. The summed E-state index contributed by atoms with van der Waals surface area (Å²) >= 11 is 0. The molecule has 1 heterocycles. The van der Waals surface area contributed by atoms with Gasteiger partial charge in [-0.05, 0) is 50.3 Å². The number of primary amides is 1. The molecule has 2 aromatic rings. The number of para-hydroxylation sites is 1.